The van der Waals surface area contributed by atoms with Crippen LogP contribution in [0.25, 0.3) is 0 Å². The molecule has 83 heavy (non-hydrogen) atoms. The van der Waals surface area contributed by atoms with Gasteiger partial charge in [0.1, 0.15) is 13.2 Å². The van der Waals surface area contributed by atoms with Crippen molar-refractivity contribution in [1.29, 1.82) is 0 Å². The fraction of sp³-hybridized carbons (Fsp3) is 0.623. The van der Waals surface area contributed by atoms with Crippen LogP contribution in [0.4, 0.5) is 0 Å². The molecule has 1 unspecified atom stereocenters. The minimum Gasteiger partial charge on any atom is -0.462 e. The van der Waals surface area contributed by atoms with Gasteiger partial charge >= 0.3 is 17.9 Å². The molecule has 0 aliphatic rings. The molecule has 0 N–H and O–H groups in total. The summed E-state index contributed by atoms with van der Waals surface area (Å²) in [7, 11) is 0. The topological polar surface area (TPSA) is 78.9 Å². The first-order valence-electron chi connectivity index (χ1n) is 34.0. The monoisotopic (exact) mass is 1140 g/mol. The molecule has 0 aromatic rings. The number of carbonyl (C=O) groups excluding carboxylic acids is 3. The Morgan fingerprint density at radius 1 is 0.253 bits per heavy atom. The molecular formula is C77H124O6. The normalized spacial score (nSPS) is 13.1. The summed E-state index contributed by atoms with van der Waals surface area (Å²) >= 11 is 0. The summed E-state index contributed by atoms with van der Waals surface area (Å²) in [6.07, 6.45) is 101. The van der Waals surface area contributed by atoms with Crippen molar-refractivity contribution in [2.24, 2.45) is 0 Å². The smallest absolute Gasteiger partial charge is 0.306 e. The zero-order valence-corrected chi connectivity index (χ0v) is 53.7. The summed E-state index contributed by atoms with van der Waals surface area (Å²) in [4.78, 5) is 38.3. The molecule has 468 valence electrons. The summed E-state index contributed by atoms with van der Waals surface area (Å²) in [6, 6.07) is 0. The van der Waals surface area contributed by atoms with Crippen LogP contribution in [0.1, 0.15) is 290 Å². The molecule has 0 fully saturated rings. The van der Waals surface area contributed by atoms with Gasteiger partial charge in [0, 0.05) is 19.3 Å². The van der Waals surface area contributed by atoms with Gasteiger partial charge in [0.25, 0.3) is 0 Å². The maximum atomic E-state index is 12.9. The first kappa shape index (κ1) is 78.0. The molecule has 0 rings (SSSR count). The van der Waals surface area contributed by atoms with Crippen molar-refractivity contribution >= 4 is 17.9 Å². The third-order valence-electron chi connectivity index (χ3n) is 14.0. The first-order chi connectivity index (χ1) is 41.0. The van der Waals surface area contributed by atoms with Crippen LogP contribution in [0, 0.1) is 0 Å². The molecule has 0 spiro atoms. The Morgan fingerprint density at radius 2 is 0.494 bits per heavy atom. The molecule has 0 saturated carbocycles. The number of esters is 3. The Morgan fingerprint density at radius 3 is 0.819 bits per heavy atom. The maximum Gasteiger partial charge on any atom is 0.306 e. The maximum absolute atomic E-state index is 12.9. The Bertz CT molecular complexity index is 1840. The SMILES string of the molecule is CC/C=C\C/C=C\C/C=C\C/C=C\C/C=C\C/C=C\C/C=C\C/C=C\CCCCCCCCCCC(=O)OCC(COC(=O)CC/C=C\C/C=C\C/C=C\C/C=C\CC)OC(=O)CCCCCCCCCCC/C=C\CCCCCCCC. The predicted octanol–water partition coefficient (Wildman–Crippen LogP) is 23.7. The number of rotatable bonds is 60. The molecule has 0 aliphatic heterocycles. The Hall–Kier alpha value is -4.97. The average Bonchev–Trinajstić information content (AvgIpc) is 3.49. The van der Waals surface area contributed by atoms with Crippen LogP contribution in [0.5, 0.6) is 0 Å². The van der Waals surface area contributed by atoms with Crippen molar-refractivity contribution < 1.29 is 28.6 Å². The van der Waals surface area contributed by atoms with Gasteiger partial charge in [0.05, 0.1) is 0 Å². The standard InChI is InChI=1S/C77H124O6/c1-4-7-10-13-16-19-22-25-27-29-31-32-33-34-35-36-37-38-39-40-41-42-43-44-46-47-49-52-55-58-61-64-67-70-76(79)82-73-74(72-81-75(78)69-66-63-60-57-54-51-24-21-18-15-12-9-6-3)83-77(80)71-68-65-62-59-56-53-50-48-45-30-28-26-23-20-17-14-11-8-5-2/h7,9-10,12,16,18-19,21,25-28,31-32,34-35,37-38,40-41,43-44,51,54,60,63,74H,4-6,8,11,13-15,17,20,22-24,29-30,33,36,39,42,45-50,52-53,55-59,61-62,64-73H2,1-3H3/b10-7-,12-9-,19-16-,21-18-,27-25-,28-26-,32-31-,35-34-,38-37-,41-40-,44-43-,54-51-,63-60-. The molecule has 0 saturated heterocycles. The minimum absolute atomic E-state index is 0.110. The van der Waals surface area contributed by atoms with Crippen molar-refractivity contribution in [3.63, 3.8) is 0 Å². The summed E-state index contributed by atoms with van der Waals surface area (Å²) < 4.78 is 16.9. The number of hydrogen-bond donors (Lipinski definition) is 0. The van der Waals surface area contributed by atoms with Crippen LogP contribution < -0.4 is 0 Å². The number of hydrogen-bond acceptors (Lipinski definition) is 6. The lowest BCUT2D eigenvalue weighted by Crippen LogP contribution is -2.30. The number of allylic oxidation sites excluding steroid dienone is 26. The molecule has 0 aliphatic carbocycles. The second-order valence-corrected chi connectivity index (χ2v) is 22.0. The number of carbonyl (C=O) groups is 3. The third kappa shape index (κ3) is 67.7. The third-order valence-corrected chi connectivity index (χ3v) is 14.0. The van der Waals surface area contributed by atoms with Gasteiger partial charge in [-0.3, -0.25) is 14.4 Å². The molecule has 6 heteroatoms. The fourth-order valence-corrected chi connectivity index (χ4v) is 9.00. The lowest BCUT2D eigenvalue weighted by atomic mass is 10.1. The fourth-order valence-electron chi connectivity index (χ4n) is 9.00. The van der Waals surface area contributed by atoms with Crippen LogP contribution in [-0.2, 0) is 28.6 Å². The molecule has 0 heterocycles. The Balaban J connectivity index is 4.34. The van der Waals surface area contributed by atoms with E-state index in [1.807, 2.05) is 6.08 Å². The highest BCUT2D eigenvalue weighted by Gasteiger charge is 2.19. The quantitative estimate of drug-likeness (QED) is 0.0261. The largest absolute Gasteiger partial charge is 0.462 e. The van der Waals surface area contributed by atoms with Gasteiger partial charge in [-0.1, -0.05) is 294 Å². The van der Waals surface area contributed by atoms with Crippen LogP contribution in [-0.4, -0.2) is 37.2 Å². The van der Waals surface area contributed by atoms with Gasteiger partial charge in [-0.05, 0) is 135 Å². The van der Waals surface area contributed by atoms with E-state index in [9.17, 15) is 14.4 Å². The highest BCUT2D eigenvalue weighted by Crippen LogP contribution is 2.15. The lowest BCUT2D eigenvalue weighted by Gasteiger charge is -2.18. The van der Waals surface area contributed by atoms with Crippen LogP contribution in [0.3, 0.4) is 0 Å². The molecular weight excluding hydrogens is 1020 g/mol. The summed E-state index contributed by atoms with van der Waals surface area (Å²) in [5.74, 6) is -1.00. The van der Waals surface area contributed by atoms with E-state index in [0.717, 1.165) is 122 Å². The predicted molar refractivity (Wildman–Crippen MR) is 362 cm³/mol. The highest BCUT2D eigenvalue weighted by molar-refractivity contribution is 5.71. The van der Waals surface area contributed by atoms with E-state index in [2.05, 4.69) is 173 Å². The van der Waals surface area contributed by atoms with Crippen molar-refractivity contribution in [3.05, 3.63) is 158 Å². The van der Waals surface area contributed by atoms with Crippen molar-refractivity contribution in [1.82, 2.24) is 0 Å². The van der Waals surface area contributed by atoms with Gasteiger partial charge in [0.15, 0.2) is 6.10 Å². The van der Waals surface area contributed by atoms with E-state index in [-0.39, 0.29) is 37.5 Å². The van der Waals surface area contributed by atoms with E-state index in [1.54, 1.807) is 0 Å². The Labute approximate surface area is 511 Å². The summed E-state index contributed by atoms with van der Waals surface area (Å²) in [5, 5.41) is 0. The highest BCUT2D eigenvalue weighted by atomic mass is 16.6. The molecule has 1 atom stereocenters. The number of unbranched alkanes of at least 4 members (excludes halogenated alkanes) is 23. The Kier molecular flexibility index (Phi) is 65.4. The second-order valence-electron chi connectivity index (χ2n) is 22.0. The molecule has 0 bridgehead atoms. The van der Waals surface area contributed by atoms with E-state index in [0.29, 0.717) is 19.3 Å². The zero-order chi connectivity index (χ0) is 59.9. The molecule has 0 aromatic heterocycles. The van der Waals surface area contributed by atoms with E-state index < -0.39 is 6.10 Å². The molecule has 0 radical (unpaired) electrons. The summed E-state index contributed by atoms with van der Waals surface area (Å²) in [5.41, 5.74) is 0. The second kappa shape index (κ2) is 69.5. The van der Waals surface area contributed by atoms with E-state index >= 15 is 0 Å². The van der Waals surface area contributed by atoms with Crippen LogP contribution in [0.15, 0.2) is 158 Å². The lowest BCUT2D eigenvalue weighted by molar-refractivity contribution is -0.166. The van der Waals surface area contributed by atoms with Gasteiger partial charge in [0.2, 0.25) is 0 Å². The first-order valence-corrected chi connectivity index (χ1v) is 34.0. The van der Waals surface area contributed by atoms with Gasteiger partial charge < -0.3 is 14.2 Å². The van der Waals surface area contributed by atoms with Crippen molar-refractivity contribution in [3.8, 4) is 0 Å². The zero-order valence-electron chi connectivity index (χ0n) is 53.7. The average molecular weight is 1150 g/mol. The number of ether oxygens (including phenoxy) is 3. The minimum atomic E-state index is -0.819. The van der Waals surface area contributed by atoms with Crippen LogP contribution >= 0.6 is 0 Å². The summed E-state index contributed by atoms with van der Waals surface area (Å²) in [6.45, 7) is 6.34. The van der Waals surface area contributed by atoms with Crippen LogP contribution in [0.2, 0.25) is 0 Å². The molecule has 0 aromatic carbocycles. The van der Waals surface area contributed by atoms with Gasteiger partial charge in [-0.25, -0.2) is 0 Å². The van der Waals surface area contributed by atoms with Crippen molar-refractivity contribution in [2.75, 3.05) is 13.2 Å². The van der Waals surface area contributed by atoms with E-state index in [4.69, 9.17) is 14.2 Å². The molecule has 6 nitrogen and oxygen atoms in total. The van der Waals surface area contributed by atoms with Gasteiger partial charge in [-0.15, -0.1) is 0 Å². The van der Waals surface area contributed by atoms with Gasteiger partial charge in [-0.2, -0.15) is 0 Å². The van der Waals surface area contributed by atoms with E-state index in [1.165, 1.54) is 122 Å². The van der Waals surface area contributed by atoms with Crippen molar-refractivity contribution in [2.45, 2.75) is 297 Å². The molecule has 0 amide bonds.